The molecule has 2 rings (SSSR count). The van der Waals surface area contributed by atoms with Gasteiger partial charge in [-0.1, -0.05) is 25.2 Å². The maximum Gasteiger partial charge on any atom is 0.293 e. The first-order chi connectivity index (χ1) is 8.08. The summed E-state index contributed by atoms with van der Waals surface area (Å²) in [5.74, 6) is 0.171. The topological polar surface area (TPSA) is 81.2 Å². The van der Waals surface area contributed by atoms with Gasteiger partial charge in [-0.3, -0.25) is 10.1 Å². The minimum Gasteiger partial charge on any atom is -0.459 e. The predicted molar refractivity (Wildman–Crippen MR) is 67.3 cm³/mol. The standard InChI is InChI=1S/C11H13N3O2S/c1-6(2)8-9(12)17-11(13-8)14-10(15)7-4-3-5-16-7/h3-6H,12H2,1-2H3,(H,13,14,15). The Morgan fingerprint density at radius 2 is 2.35 bits per heavy atom. The quantitative estimate of drug-likeness (QED) is 0.878. The number of rotatable bonds is 3. The van der Waals surface area contributed by atoms with Gasteiger partial charge in [-0.2, -0.15) is 0 Å². The van der Waals surface area contributed by atoms with Crippen LogP contribution in [-0.2, 0) is 0 Å². The van der Waals surface area contributed by atoms with E-state index in [9.17, 15) is 4.79 Å². The van der Waals surface area contributed by atoms with E-state index >= 15 is 0 Å². The third-order valence-corrected chi connectivity index (χ3v) is 3.01. The molecule has 0 radical (unpaired) electrons. The Morgan fingerprint density at radius 1 is 1.59 bits per heavy atom. The van der Waals surface area contributed by atoms with E-state index < -0.39 is 0 Å². The normalized spacial score (nSPS) is 10.8. The average Bonchev–Trinajstić information content (AvgIpc) is 2.86. The zero-order valence-corrected chi connectivity index (χ0v) is 10.4. The summed E-state index contributed by atoms with van der Waals surface area (Å²) in [7, 11) is 0. The molecule has 0 aliphatic carbocycles. The van der Waals surface area contributed by atoms with Crippen LogP contribution in [-0.4, -0.2) is 10.9 Å². The van der Waals surface area contributed by atoms with Crippen molar-refractivity contribution in [3.05, 3.63) is 29.9 Å². The first kappa shape index (κ1) is 11.7. The molecule has 90 valence electrons. The highest BCUT2D eigenvalue weighted by atomic mass is 32.1. The molecule has 0 aromatic carbocycles. The summed E-state index contributed by atoms with van der Waals surface area (Å²) in [6.07, 6.45) is 1.45. The van der Waals surface area contributed by atoms with Crippen molar-refractivity contribution in [3.8, 4) is 0 Å². The minimum absolute atomic E-state index is 0.237. The number of thiazole rings is 1. The monoisotopic (exact) mass is 251 g/mol. The highest BCUT2D eigenvalue weighted by Gasteiger charge is 2.15. The average molecular weight is 251 g/mol. The van der Waals surface area contributed by atoms with Crippen LogP contribution in [0, 0.1) is 0 Å². The molecule has 6 heteroatoms. The number of carbonyl (C=O) groups is 1. The van der Waals surface area contributed by atoms with Gasteiger partial charge >= 0.3 is 0 Å². The van der Waals surface area contributed by atoms with Crippen LogP contribution < -0.4 is 11.1 Å². The van der Waals surface area contributed by atoms with Crippen LogP contribution in [0.5, 0.6) is 0 Å². The Morgan fingerprint density at radius 3 is 2.88 bits per heavy atom. The number of carbonyl (C=O) groups excluding carboxylic acids is 1. The third-order valence-electron chi connectivity index (χ3n) is 2.19. The second-order valence-electron chi connectivity index (χ2n) is 3.85. The highest BCUT2D eigenvalue weighted by Crippen LogP contribution is 2.30. The van der Waals surface area contributed by atoms with Crippen LogP contribution in [0.25, 0.3) is 0 Å². The molecule has 5 nitrogen and oxygen atoms in total. The molecule has 0 saturated carbocycles. The number of aromatic nitrogens is 1. The molecule has 0 fully saturated rings. The van der Waals surface area contributed by atoms with Crippen LogP contribution in [0.2, 0.25) is 0 Å². The lowest BCUT2D eigenvalue weighted by molar-refractivity contribution is 0.0996. The van der Waals surface area contributed by atoms with E-state index in [4.69, 9.17) is 10.2 Å². The number of hydrogen-bond acceptors (Lipinski definition) is 5. The molecule has 0 spiro atoms. The largest absolute Gasteiger partial charge is 0.459 e. The van der Waals surface area contributed by atoms with E-state index in [-0.39, 0.29) is 17.6 Å². The van der Waals surface area contributed by atoms with E-state index in [1.54, 1.807) is 12.1 Å². The molecule has 0 unspecified atom stereocenters. The Kier molecular flexibility index (Phi) is 3.14. The molecule has 2 aromatic rings. The van der Waals surface area contributed by atoms with Crippen molar-refractivity contribution in [3.63, 3.8) is 0 Å². The SMILES string of the molecule is CC(C)c1nc(NC(=O)c2ccco2)sc1N. The Bertz CT molecular complexity index is 517. The summed E-state index contributed by atoms with van der Waals surface area (Å²) in [6, 6.07) is 3.25. The maximum absolute atomic E-state index is 11.7. The number of nitrogens with one attached hydrogen (secondary N) is 1. The second kappa shape index (κ2) is 4.58. The Balaban J connectivity index is 2.14. The van der Waals surface area contributed by atoms with Gasteiger partial charge < -0.3 is 10.2 Å². The Labute approximate surface area is 103 Å². The van der Waals surface area contributed by atoms with E-state index in [2.05, 4.69) is 10.3 Å². The number of amides is 1. The molecule has 0 bridgehead atoms. The number of furan rings is 1. The summed E-state index contributed by atoms with van der Waals surface area (Å²) in [5, 5.41) is 3.78. The smallest absolute Gasteiger partial charge is 0.293 e. The molecule has 17 heavy (non-hydrogen) atoms. The number of nitrogens with zero attached hydrogens (tertiary/aromatic N) is 1. The fraction of sp³-hybridized carbons (Fsp3) is 0.273. The van der Waals surface area contributed by atoms with Gasteiger partial charge in [0.05, 0.1) is 12.0 Å². The molecular formula is C11H13N3O2S. The third kappa shape index (κ3) is 2.47. The van der Waals surface area contributed by atoms with Gasteiger partial charge in [-0.15, -0.1) is 0 Å². The lowest BCUT2D eigenvalue weighted by Gasteiger charge is -1.99. The molecule has 1 amide bonds. The van der Waals surface area contributed by atoms with Crippen LogP contribution in [0.15, 0.2) is 22.8 Å². The van der Waals surface area contributed by atoms with Gasteiger partial charge in [0.15, 0.2) is 10.9 Å². The predicted octanol–water partition coefficient (Wildman–Crippen LogP) is 2.69. The summed E-state index contributed by atoms with van der Waals surface area (Å²) in [5.41, 5.74) is 6.63. The van der Waals surface area contributed by atoms with Crippen molar-refractivity contribution < 1.29 is 9.21 Å². The lowest BCUT2D eigenvalue weighted by Crippen LogP contribution is -2.10. The number of nitrogen functional groups attached to an aromatic ring is 1. The van der Waals surface area contributed by atoms with Crippen molar-refractivity contribution >= 4 is 27.4 Å². The van der Waals surface area contributed by atoms with E-state index in [1.165, 1.54) is 17.6 Å². The minimum atomic E-state index is -0.320. The fourth-order valence-corrected chi connectivity index (χ4v) is 2.26. The molecule has 0 aliphatic heterocycles. The highest BCUT2D eigenvalue weighted by molar-refractivity contribution is 7.19. The van der Waals surface area contributed by atoms with Gasteiger partial charge in [0.2, 0.25) is 0 Å². The lowest BCUT2D eigenvalue weighted by atomic mass is 10.1. The van der Waals surface area contributed by atoms with Crippen LogP contribution in [0.1, 0.15) is 36.0 Å². The van der Waals surface area contributed by atoms with Crippen LogP contribution >= 0.6 is 11.3 Å². The van der Waals surface area contributed by atoms with Gasteiger partial charge in [-0.05, 0) is 18.1 Å². The molecule has 2 heterocycles. The summed E-state index contributed by atoms with van der Waals surface area (Å²) >= 11 is 1.26. The number of hydrogen-bond donors (Lipinski definition) is 2. The van der Waals surface area contributed by atoms with E-state index in [1.807, 2.05) is 13.8 Å². The van der Waals surface area contributed by atoms with Crippen molar-refractivity contribution in [2.75, 3.05) is 11.1 Å². The van der Waals surface area contributed by atoms with Crippen LogP contribution in [0.4, 0.5) is 10.1 Å². The molecule has 0 aliphatic rings. The van der Waals surface area contributed by atoms with Gasteiger partial charge in [0, 0.05) is 0 Å². The molecule has 2 aromatic heterocycles. The zero-order chi connectivity index (χ0) is 12.4. The van der Waals surface area contributed by atoms with Gasteiger partial charge in [0.1, 0.15) is 5.00 Å². The second-order valence-corrected chi connectivity index (χ2v) is 4.89. The van der Waals surface area contributed by atoms with Gasteiger partial charge in [-0.25, -0.2) is 4.98 Å². The molecule has 0 saturated heterocycles. The van der Waals surface area contributed by atoms with Crippen molar-refractivity contribution in [1.29, 1.82) is 0 Å². The molecule has 3 N–H and O–H groups in total. The summed E-state index contributed by atoms with van der Waals surface area (Å²) in [6.45, 7) is 4.01. The maximum atomic E-state index is 11.7. The molecular weight excluding hydrogens is 238 g/mol. The summed E-state index contributed by atoms with van der Waals surface area (Å²) in [4.78, 5) is 16.0. The van der Waals surface area contributed by atoms with Crippen molar-refractivity contribution in [2.45, 2.75) is 19.8 Å². The van der Waals surface area contributed by atoms with E-state index in [0.29, 0.717) is 10.1 Å². The zero-order valence-electron chi connectivity index (χ0n) is 9.56. The number of anilines is 2. The number of nitrogens with two attached hydrogens (primary N) is 1. The van der Waals surface area contributed by atoms with Gasteiger partial charge in [0.25, 0.3) is 5.91 Å². The first-order valence-corrected chi connectivity index (χ1v) is 6.00. The fourth-order valence-electron chi connectivity index (χ4n) is 1.38. The first-order valence-electron chi connectivity index (χ1n) is 5.19. The molecule has 0 atom stereocenters. The van der Waals surface area contributed by atoms with E-state index in [0.717, 1.165) is 5.69 Å². The van der Waals surface area contributed by atoms with Crippen molar-refractivity contribution in [2.24, 2.45) is 0 Å². The van der Waals surface area contributed by atoms with Crippen LogP contribution in [0.3, 0.4) is 0 Å². The Hall–Kier alpha value is -1.82. The summed E-state index contributed by atoms with van der Waals surface area (Å²) < 4.78 is 4.99. The van der Waals surface area contributed by atoms with Crippen molar-refractivity contribution in [1.82, 2.24) is 4.98 Å².